The maximum absolute atomic E-state index is 12.2. The van der Waals surface area contributed by atoms with Gasteiger partial charge in [-0.1, -0.05) is 24.3 Å². The number of imidazole rings is 1. The van der Waals surface area contributed by atoms with Gasteiger partial charge in [-0.2, -0.15) is 0 Å². The van der Waals surface area contributed by atoms with Gasteiger partial charge in [-0.3, -0.25) is 4.79 Å². The third kappa shape index (κ3) is 2.51. The highest BCUT2D eigenvalue weighted by Gasteiger charge is 2.25. The number of fused-ring (bicyclic) bond motifs is 1. The van der Waals surface area contributed by atoms with Crippen molar-refractivity contribution in [2.45, 2.75) is 19.0 Å². The third-order valence-corrected chi connectivity index (χ3v) is 3.38. The minimum absolute atomic E-state index is 0.00162. The normalized spacial score (nSPS) is 17.8. The standard InChI is InChI=1S/C14H16N4O/c19-14(17-8-11-7-15-9-18-11)13-12-4-2-1-3-10(12)5-6-16-13/h1-4,7,9,13,16H,5-6,8H2,(H,15,18)(H,17,19). The van der Waals surface area contributed by atoms with Crippen molar-refractivity contribution in [1.82, 2.24) is 20.6 Å². The summed E-state index contributed by atoms with van der Waals surface area (Å²) in [6.07, 6.45) is 4.29. The van der Waals surface area contributed by atoms with Crippen LogP contribution in [0.5, 0.6) is 0 Å². The number of nitrogens with one attached hydrogen (secondary N) is 3. The Hall–Kier alpha value is -2.14. The van der Waals surface area contributed by atoms with Crippen molar-refractivity contribution in [3.63, 3.8) is 0 Å². The highest BCUT2D eigenvalue weighted by Crippen LogP contribution is 2.22. The van der Waals surface area contributed by atoms with Gasteiger partial charge in [-0.15, -0.1) is 0 Å². The molecule has 0 bridgehead atoms. The Kier molecular flexibility index (Phi) is 3.29. The Morgan fingerprint density at radius 1 is 1.42 bits per heavy atom. The molecule has 2 heterocycles. The van der Waals surface area contributed by atoms with Crippen LogP contribution in [0.1, 0.15) is 22.9 Å². The van der Waals surface area contributed by atoms with Crippen molar-refractivity contribution in [3.05, 3.63) is 53.6 Å². The van der Waals surface area contributed by atoms with Crippen LogP contribution in [-0.2, 0) is 17.8 Å². The second-order valence-electron chi connectivity index (χ2n) is 4.63. The number of hydrogen-bond donors (Lipinski definition) is 3. The lowest BCUT2D eigenvalue weighted by atomic mass is 9.94. The van der Waals surface area contributed by atoms with Crippen LogP contribution in [0.2, 0.25) is 0 Å². The first kappa shape index (κ1) is 11.9. The van der Waals surface area contributed by atoms with Gasteiger partial charge < -0.3 is 15.6 Å². The summed E-state index contributed by atoms with van der Waals surface area (Å²) in [7, 11) is 0. The molecule has 0 saturated carbocycles. The number of aromatic nitrogens is 2. The van der Waals surface area contributed by atoms with Gasteiger partial charge in [-0.05, 0) is 17.5 Å². The fourth-order valence-electron chi connectivity index (χ4n) is 2.40. The number of carbonyl (C=O) groups is 1. The van der Waals surface area contributed by atoms with E-state index in [4.69, 9.17) is 0 Å². The lowest BCUT2D eigenvalue weighted by molar-refractivity contribution is -0.123. The number of hydrogen-bond acceptors (Lipinski definition) is 3. The lowest BCUT2D eigenvalue weighted by Crippen LogP contribution is -2.41. The highest BCUT2D eigenvalue weighted by atomic mass is 16.2. The molecule has 3 N–H and O–H groups in total. The van der Waals surface area contributed by atoms with E-state index in [1.165, 1.54) is 5.56 Å². The fraction of sp³-hybridized carbons (Fsp3) is 0.286. The van der Waals surface area contributed by atoms with Gasteiger partial charge in [-0.25, -0.2) is 4.98 Å². The molecule has 5 nitrogen and oxygen atoms in total. The van der Waals surface area contributed by atoms with Crippen molar-refractivity contribution in [2.75, 3.05) is 6.54 Å². The van der Waals surface area contributed by atoms with Crippen LogP contribution in [-0.4, -0.2) is 22.4 Å². The summed E-state index contributed by atoms with van der Waals surface area (Å²) in [5.74, 6) is 0.00162. The molecule has 1 atom stereocenters. The molecule has 2 aromatic rings. The van der Waals surface area contributed by atoms with Crippen molar-refractivity contribution < 1.29 is 4.79 Å². The zero-order valence-electron chi connectivity index (χ0n) is 10.5. The molecule has 0 saturated heterocycles. The number of H-pyrrole nitrogens is 1. The molecule has 1 aromatic carbocycles. The molecule has 0 spiro atoms. The topological polar surface area (TPSA) is 69.8 Å². The van der Waals surface area contributed by atoms with E-state index in [-0.39, 0.29) is 11.9 Å². The van der Waals surface area contributed by atoms with Crippen LogP contribution in [0.25, 0.3) is 0 Å². The first-order valence-corrected chi connectivity index (χ1v) is 6.41. The number of benzene rings is 1. The summed E-state index contributed by atoms with van der Waals surface area (Å²) in [5.41, 5.74) is 3.23. The molecule has 3 rings (SSSR count). The highest BCUT2D eigenvalue weighted by molar-refractivity contribution is 5.83. The average molecular weight is 256 g/mol. The monoisotopic (exact) mass is 256 g/mol. The summed E-state index contributed by atoms with van der Waals surface area (Å²) in [5, 5.41) is 6.19. The molecule has 1 aliphatic rings. The zero-order valence-corrected chi connectivity index (χ0v) is 10.5. The minimum Gasteiger partial charge on any atom is -0.349 e. The maximum Gasteiger partial charge on any atom is 0.242 e. The number of amides is 1. The Morgan fingerprint density at radius 3 is 3.16 bits per heavy atom. The summed E-state index contributed by atoms with van der Waals surface area (Å²) < 4.78 is 0. The molecule has 1 amide bonds. The maximum atomic E-state index is 12.2. The van der Waals surface area contributed by atoms with Crippen LogP contribution >= 0.6 is 0 Å². The molecule has 1 aliphatic heterocycles. The molecule has 0 radical (unpaired) electrons. The molecule has 0 fully saturated rings. The average Bonchev–Trinajstić information content (AvgIpc) is 2.97. The van der Waals surface area contributed by atoms with Crippen molar-refractivity contribution in [1.29, 1.82) is 0 Å². The Bertz CT molecular complexity index is 565. The molecule has 1 aromatic heterocycles. The second-order valence-corrected chi connectivity index (χ2v) is 4.63. The van der Waals surface area contributed by atoms with Crippen LogP contribution in [0.4, 0.5) is 0 Å². The SMILES string of the molecule is O=C(NCc1cnc[nH]1)C1NCCc2ccccc21. The molecule has 19 heavy (non-hydrogen) atoms. The quantitative estimate of drug-likeness (QED) is 0.764. The van der Waals surface area contributed by atoms with Gasteiger partial charge in [0.05, 0.1) is 18.6 Å². The van der Waals surface area contributed by atoms with Crippen molar-refractivity contribution in [2.24, 2.45) is 0 Å². The first-order valence-electron chi connectivity index (χ1n) is 6.41. The zero-order chi connectivity index (χ0) is 13.1. The molecular weight excluding hydrogens is 240 g/mol. The smallest absolute Gasteiger partial charge is 0.242 e. The van der Waals surface area contributed by atoms with E-state index in [0.29, 0.717) is 6.54 Å². The van der Waals surface area contributed by atoms with Crippen LogP contribution < -0.4 is 10.6 Å². The summed E-state index contributed by atoms with van der Waals surface area (Å²) in [4.78, 5) is 19.1. The fourth-order valence-corrected chi connectivity index (χ4v) is 2.40. The van der Waals surface area contributed by atoms with E-state index in [9.17, 15) is 4.79 Å². The van der Waals surface area contributed by atoms with Gasteiger partial charge in [0.15, 0.2) is 0 Å². The van der Waals surface area contributed by atoms with Gasteiger partial charge in [0.25, 0.3) is 0 Å². The van der Waals surface area contributed by atoms with E-state index in [0.717, 1.165) is 24.2 Å². The van der Waals surface area contributed by atoms with Crippen LogP contribution in [0.3, 0.4) is 0 Å². The minimum atomic E-state index is -0.257. The van der Waals surface area contributed by atoms with Crippen LogP contribution in [0, 0.1) is 0 Å². The van der Waals surface area contributed by atoms with E-state index in [1.54, 1.807) is 12.5 Å². The molecule has 98 valence electrons. The lowest BCUT2D eigenvalue weighted by Gasteiger charge is -2.25. The van der Waals surface area contributed by atoms with Gasteiger partial charge >= 0.3 is 0 Å². The summed E-state index contributed by atoms with van der Waals surface area (Å²) >= 11 is 0. The Balaban J connectivity index is 1.71. The Labute approximate surface area is 111 Å². The van der Waals surface area contributed by atoms with E-state index < -0.39 is 0 Å². The first-order chi connectivity index (χ1) is 9.34. The predicted octanol–water partition coefficient (Wildman–Crippen LogP) is 0.913. The van der Waals surface area contributed by atoms with Gasteiger partial charge in [0.1, 0.15) is 6.04 Å². The molecule has 5 heteroatoms. The van der Waals surface area contributed by atoms with E-state index >= 15 is 0 Å². The van der Waals surface area contributed by atoms with E-state index in [1.807, 2.05) is 18.2 Å². The largest absolute Gasteiger partial charge is 0.349 e. The molecule has 0 aliphatic carbocycles. The number of carbonyl (C=O) groups excluding carboxylic acids is 1. The van der Waals surface area contributed by atoms with Crippen molar-refractivity contribution >= 4 is 5.91 Å². The molecule has 1 unspecified atom stereocenters. The van der Waals surface area contributed by atoms with Gasteiger partial charge in [0, 0.05) is 12.7 Å². The number of aromatic amines is 1. The Morgan fingerprint density at radius 2 is 2.32 bits per heavy atom. The predicted molar refractivity (Wildman–Crippen MR) is 71.3 cm³/mol. The summed E-state index contributed by atoms with van der Waals surface area (Å²) in [6.45, 7) is 1.30. The van der Waals surface area contributed by atoms with Gasteiger partial charge in [0.2, 0.25) is 5.91 Å². The molecular formula is C14H16N4O. The number of rotatable bonds is 3. The summed E-state index contributed by atoms with van der Waals surface area (Å²) in [6, 6.07) is 7.84. The third-order valence-electron chi connectivity index (χ3n) is 3.38. The second kappa shape index (κ2) is 5.24. The van der Waals surface area contributed by atoms with Crippen molar-refractivity contribution in [3.8, 4) is 0 Å². The van der Waals surface area contributed by atoms with Crippen LogP contribution in [0.15, 0.2) is 36.8 Å². The van der Waals surface area contributed by atoms with E-state index in [2.05, 4.69) is 26.7 Å². The number of nitrogens with zero attached hydrogens (tertiary/aromatic N) is 1.